The van der Waals surface area contributed by atoms with Gasteiger partial charge in [-0.3, -0.25) is 4.79 Å². The van der Waals surface area contributed by atoms with E-state index < -0.39 is 23.2 Å². The molecule has 1 aromatic carbocycles. The first-order valence-corrected chi connectivity index (χ1v) is 8.14. The number of carbonyl (C=O) groups excluding carboxylic acids is 1. The number of aryl methyl sites for hydroxylation is 1. The summed E-state index contributed by atoms with van der Waals surface area (Å²) in [5.74, 6) is 0.668. The van der Waals surface area contributed by atoms with E-state index in [1.807, 2.05) is 13.0 Å². The third-order valence-corrected chi connectivity index (χ3v) is 6.60. The highest BCUT2D eigenvalue weighted by Gasteiger charge is 2.75. The fraction of sp³-hybridized carbons (Fsp3) is 0.500. The van der Waals surface area contributed by atoms with Crippen molar-refractivity contribution in [2.45, 2.75) is 42.9 Å². The van der Waals surface area contributed by atoms with Gasteiger partial charge in [0.25, 0.3) is 0 Å². The number of likely N-dealkylation sites (tertiary alicyclic amines) is 1. The number of carbonyl (C=O) groups is 1. The van der Waals surface area contributed by atoms with E-state index in [0.717, 1.165) is 22.4 Å². The van der Waals surface area contributed by atoms with Crippen molar-refractivity contribution in [3.63, 3.8) is 0 Å². The maximum Gasteiger partial charge on any atom is 0.196 e. The first-order chi connectivity index (χ1) is 10.8. The van der Waals surface area contributed by atoms with Crippen LogP contribution in [0.25, 0.3) is 0 Å². The van der Waals surface area contributed by atoms with E-state index >= 15 is 0 Å². The molecule has 1 unspecified atom stereocenters. The third-order valence-electron chi connectivity index (χ3n) is 6.60. The zero-order valence-electron chi connectivity index (χ0n) is 13.2. The summed E-state index contributed by atoms with van der Waals surface area (Å²) >= 11 is 0. The number of rotatable bonds is 0. The number of hydrogen-bond acceptors (Lipinski definition) is 4. The molecule has 5 heteroatoms. The molecule has 0 radical (unpaired) electrons. The van der Waals surface area contributed by atoms with Gasteiger partial charge in [0.05, 0.1) is 12.5 Å². The molecule has 2 aliphatic carbocycles. The van der Waals surface area contributed by atoms with Crippen LogP contribution in [0.1, 0.15) is 23.1 Å². The normalized spacial score (nSPS) is 45.7. The lowest BCUT2D eigenvalue weighted by Gasteiger charge is -2.59. The highest BCUT2D eigenvalue weighted by atomic mass is 16.6. The molecule has 5 atom stereocenters. The van der Waals surface area contributed by atoms with Crippen LogP contribution in [0, 0.1) is 6.92 Å². The first-order valence-electron chi connectivity index (χ1n) is 8.14. The monoisotopic (exact) mass is 314 g/mol. The molecule has 2 aliphatic heterocycles. The lowest BCUT2D eigenvalue weighted by atomic mass is 9.50. The number of ether oxygens (including phenoxy) is 1. The minimum Gasteiger partial charge on any atom is -0.481 e. The summed E-state index contributed by atoms with van der Waals surface area (Å²) in [6.07, 6.45) is 3.47. The summed E-state index contributed by atoms with van der Waals surface area (Å²) in [5.41, 5.74) is 1.05. The van der Waals surface area contributed by atoms with Crippen molar-refractivity contribution in [3.8, 4) is 5.75 Å². The smallest absolute Gasteiger partial charge is 0.196 e. The van der Waals surface area contributed by atoms with Gasteiger partial charge >= 0.3 is 0 Å². The fourth-order valence-electron chi connectivity index (χ4n) is 5.45. The van der Waals surface area contributed by atoms with E-state index in [4.69, 9.17) is 4.74 Å². The summed E-state index contributed by atoms with van der Waals surface area (Å²) in [4.78, 5) is 12.5. The minimum atomic E-state index is -1.26. The van der Waals surface area contributed by atoms with Crippen LogP contribution in [-0.2, 0) is 16.6 Å². The highest BCUT2D eigenvalue weighted by molar-refractivity contribution is 5.98. The van der Waals surface area contributed by atoms with Gasteiger partial charge in [-0.05, 0) is 30.2 Å². The van der Waals surface area contributed by atoms with Gasteiger partial charge in [0.2, 0.25) is 0 Å². The molecule has 5 nitrogen and oxygen atoms in total. The molecular weight excluding hydrogens is 294 g/mol. The van der Waals surface area contributed by atoms with Gasteiger partial charge < -0.3 is 9.84 Å². The number of piperidine rings is 1. The molecule has 2 N–H and O–H groups in total. The Morgan fingerprint density at radius 2 is 2.17 bits per heavy atom. The quantitative estimate of drug-likeness (QED) is 0.702. The van der Waals surface area contributed by atoms with Gasteiger partial charge in [0, 0.05) is 18.4 Å². The maximum absolute atomic E-state index is 12.5. The Bertz CT molecular complexity index is 798. The van der Waals surface area contributed by atoms with Crippen molar-refractivity contribution in [3.05, 3.63) is 41.0 Å². The number of quaternary nitrogens is 1. The molecule has 2 bridgehead atoms. The van der Waals surface area contributed by atoms with Crippen LogP contribution in [-0.4, -0.2) is 52.1 Å². The van der Waals surface area contributed by atoms with Crippen LogP contribution in [0.3, 0.4) is 0 Å². The third kappa shape index (κ3) is 1.27. The lowest BCUT2D eigenvalue weighted by Crippen LogP contribution is -2.78. The van der Waals surface area contributed by atoms with Crippen molar-refractivity contribution in [2.75, 3.05) is 13.6 Å². The van der Waals surface area contributed by atoms with Crippen LogP contribution in [0.15, 0.2) is 24.3 Å². The molecule has 1 fully saturated rings. The second-order valence-electron chi connectivity index (χ2n) is 7.68. The molecule has 120 valence electrons. The van der Waals surface area contributed by atoms with E-state index in [9.17, 15) is 15.1 Å². The molecule has 0 saturated carbocycles. The summed E-state index contributed by atoms with van der Waals surface area (Å²) < 4.78 is 5.88. The molecule has 4 aliphatic rings. The Balaban J connectivity index is 1.91. The molecule has 0 aromatic heterocycles. The van der Waals surface area contributed by atoms with Gasteiger partial charge in [0.1, 0.15) is 12.3 Å². The van der Waals surface area contributed by atoms with Crippen molar-refractivity contribution in [2.24, 2.45) is 0 Å². The summed E-state index contributed by atoms with van der Waals surface area (Å²) in [6.45, 7) is 2.47. The zero-order valence-corrected chi connectivity index (χ0v) is 13.2. The SMILES string of the molecule is Cc1ccc2c3c1O[C@H]1C(=O)C=C[C@@]4(O)C(C2)[N@+](C)(O)CC[C@]314. The number of aliphatic hydroxyl groups is 1. The lowest BCUT2D eigenvalue weighted by molar-refractivity contribution is -1.11. The predicted molar refractivity (Wildman–Crippen MR) is 81.3 cm³/mol. The van der Waals surface area contributed by atoms with Crippen LogP contribution >= 0.6 is 0 Å². The minimum absolute atomic E-state index is 0.0917. The number of nitrogens with zero attached hydrogens (tertiary/aromatic N) is 1. The second kappa shape index (κ2) is 3.69. The van der Waals surface area contributed by atoms with Crippen molar-refractivity contribution in [1.29, 1.82) is 0 Å². The Morgan fingerprint density at radius 3 is 2.96 bits per heavy atom. The van der Waals surface area contributed by atoms with Gasteiger partial charge in [-0.15, -0.1) is 0 Å². The number of likely N-dealkylation sites (N-methyl/N-ethyl adjacent to an activating group) is 1. The zero-order chi connectivity index (χ0) is 16.2. The Hall–Kier alpha value is -1.69. The molecule has 1 spiro atoms. The van der Waals surface area contributed by atoms with Gasteiger partial charge in [0.15, 0.2) is 23.5 Å². The summed E-state index contributed by atoms with van der Waals surface area (Å²) in [5, 5.41) is 22.5. The van der Waals surface area contributed by atoms with E-state index in [2.05, 4.69) is 6.07 Å². The molecule has 23 heavy (non-hydrogen) atoms. The van der Waals surface area contributed by atoms with Gasteiger partial charge in [-0.25, -0.2) is 5.21 Å². The standard InChI is InChI=1S/C18H20NO4/c1-10-3-4-11-9-13-18(21)6-5-12(20)16-17(18,7-8-19(13,2)22)14(11)15(10)23-16/h3-6,13,16,21-22H,7-9H2,1-2H3/q+1/t13?,16-,17-,18+,19+/m0/s1. The fourth-order valence-corrected chi connectivity index (χ4v) is 5.45. The van der Waals surface area contributed by atoms with E-state index in [1.165, 1.54) is 6.08 Å². The van der Waals surface area contributed by atoms with Crippen molar-refractivity contribution in [1.82, 2.24) is 0 Å². The average Bonchev–Trinajstić information content (AvgIpc) is 2.86. The molecular formula is C18H20NO4+. The van der Waals surface area contributed by atoms with Crippen molar-refractivity contribution >= 4 is 5.78 Å². The molecule has 1 saturated heterocycles. The molecule has 0 amide bonds. The molecule has 1 aromatic rings. The number of hydroxylamine groups is 3. The van der Waals surface area contributed by atoms with Crippen LogP contribution in [0.2, 0.25) is 0 Å². The Labute approximate surface area is 134 Å². The summed E-state index contributed by atoms with van der Waals surface area (Å²) in [7, 11) is 1.74. The van der Waals surface area contributed by atoms with Crippen LogP contribution in [0.5, 0.6) is 5.75 Å². The van der Waals surface area contributed by atoms with E-state index in [-0.39, 0.29) is 10.4 Å². The van der Waals surface area contributed by atoms with Crippen molar-refractivity contribution < 1.29 is 24.5 Å². The highest BCUT2D eigenvalue weighted by Crippen LogP contribution is 2.63. The van der Waals surface area contributed by atoms with Gasteiger partial charge in [-0.1, -0.05) is 12.1 Å². The predicted octanol–water partition coefficient (Wildman–Crippen LogP) is 1.03. The van der Waals surface area contributed by atoms with Crippen LogP contribution < -0.4 is 4.74 Å². The Kier molecular flexibility index (Phi) is 2.20. The summed E-state index contributed by atoms with van der Waals surface area (Å²) in [6, 6.07) is 3.66. The van der Waals surface area contributed by atoms with E-state index in [1.54, 1.807) is 13.1 Å². The molecule has 5 rings (SSSR count). The average molecular weight is 314 g/mol. The largest absolute Gasteiger partial charge is 0.481 e. The second-order valence-corrected chi connectivity index (χ2v) is 7.68. The Morgan fingerprint density at radius 1 is 1.39 bits per heavy atom. The topological polar surface area (TPSA) is 66.8 Å². The van der Waals surface area contributed by atoms with Crippen LogP contribution in [0.4, 0.5) is 0 Å². The first kappa shape index (κ1) is 13.7. The number of benzene rings is 1. The molecule has 2 heterocycles. The maximum atomic E-state index is 12.5. The van der Waals surface area contributed by atoms with E-state index in [0.29, 0.717) is 19.4 Å². The number of ketones is 1. The number of hydrogen-bond donors (Lipinski definition) is 2. The van der Waals surface area contributed by atoms with Gasteiger partial charge in [-0.2, -0.15) is 4.65 Å².